The van der Waals surface area contributed by atoms with Crippen LogP contribution in [0.15, 0.2) is 0 Å². The number of hydrogen-bond donors (Lipinski definition) is 1. The van der Waals surface area contributed by atoms with E-state index in [0.717, 1.165) is 31.3 Å². The zero-order valence-corrected chi connectivity index (χ0v) is 9.88. The van der Waals surface area contributed by atoms with E-state index >= 15 is 0 Å². The van der Waals surface area contributed by atoms with E-state index in [1.807, 2.05) is 0 Å². The van der Waals surface area contributed by atoms with Gasteiger partial charge in [0.1, 0.15) is 0 Å². The molecular formula is C11H21O2P. The summed E-state index contributed by atoms with van der Waals surface area (Å²) in [5.74, 6) is 1.70. The number of fused-ring (bicyclic) bond motifs is 2. The SMILES string of the molecule is CCCCOP(O)[C@@H]1C[C@H]2CC[C@@H]1C2. The van der Waals surface area contributed by atoms with Gasteiger partial charge in [0.2, 0.25) is 0 Å². The van der Waals surface area contributed by atoms with Gasteiger partial charge in [0.25, 0.3) is 0 Å². The van der Waals surface area contributed by atoms with Crippen LogP contribution in [-0.2, 0) is 4.52 Å². The first kappa shape index (κ1) is 10.9. The van der Waals surface area contributed by atoms with Crippen LogP contribution in [0.2, 0.25) is 0 Å². The summed E-state index contributed by atoms with van der Waals surface area (Å²) in [6.45, 7) is 2.91. The summed E-state index contributed by atoms with van der Waals surface area (Å²) in [5, 5.41) is 0. The first-order valence-electron chi connectivity index (χ1n) is 5.92. The Hall–Kier alpha value is 0.350. The molecule has 2 aliphatic rings. The maximum absolute atomic E-state index is 9.94. The Labute approximate surface area is 88.0 Å². The second-order valence-electron chi connectivity index (χ2n) is 4.73. The third-order valence-corrected chi connectivity index (χ3v) is 5.35. The highest BCUT2D eigenvalue weighted by molar-refractivity contribution is 7.47. The van der Waals surface area contributed by atoms with Gasteiger partial charge in [0.05, 0.1) is 6.61 Å². The van der Waals surface area contributed by atoms with Crippen LogP contribution in [0.25, 0.3) is 0 Å². The average molecular weight is 216 g/mol. The Balaban J connectivity index is 1.72. The van der Waals surface area contributed by atoms with Gasteiger partial charge in [-0.1, -0.05) is 19.8 Å². The zero-order valence-electron chi connectivity index (χ0n) is 8.98. The average Bonchev–Trinajstić information content (AvgIpc) is 2.79. The molecule has 0 aliphatic heterocycles. The van der Waals surface area contributed by atoms with Crippen molar-refractivity contribution in [2.75, 3.05) is 6.61 Å². The van der Waals surface area contributed by atoms with Gasteiger partial charge in [0, 0.05) is 5.66 Å². The molecule has 82 valence electrons. The van der Waals surface area contributed by atoms with E-state index in [1.54, 1.807) is 0 Å². The molecular weight excluding hydrogens is 195 g/mol. The highest BCUT2D eigenvalue weighted by Gasteiger charge is 2.43. The largest absolute Gasteiger partial charge is 0.350 e. The fourth-order valence-corrected chi connectivity index (χ4v) is 4.50. The summed E-state index contributed by atoms with van der Waals surface area (Å²) in [5.41, 5.74) is 0.514. The van der Waals surface area contributed by atoms with Gasteiger partial charge >= 0.3 is 0 Å². The standard InChI is InChI=1S/C11H21O2P/c1-2-3-6-13-14(12)11-8-9-4-5-10(11)7-9/h9-12H,2-8H2,1H3/t9-,10+,11+,14?/m0/s1. The first-order chi connectivity index (χ1) is 6.81. The molecule has 0 aromatic rings. The normalized spacial score (nSPS) is 37.7. The molecule has 0 spiro atoms. The number of rotatable bonds is 5. The van der Waals surface area contributed by atoms with Crippen molar-refractivity contribution in [1.29, 1.82) is 0 Å². The minimum absolute atomic E-state index is 0.514. The van der Waals surface area contributed by atoms with E-state index < -0.39 is 8.38 Å². The summed E-state index contributed by atoms with van der Waals surface area (Å²) in [6.07, 6.45) is 7.57. The lowest BCUT2D eigenvalue weighted by Gasteiger charge is -2.25. The van der Waals surface area contributed by atoms with E-state index in [1.165, 1.54) is 25.7 Å². The first-order valence-corrected chi connectivity index (χ1v) is 7.20. The van der Waals surface area contributed by atoms with E-state index in [0.29, 0.717) is 5.66 Å². The van der Waals surface area contributed by atoms with Crippen LogP contribution in [-0.4, -0.2) is 17.2 Å². The number of hydrogen-bond acceptors (Lipinski definition) is 2. The second kappa shape index (κ2) is 4.92. The molecule has 0 aromatic carbocycles. The van der Waals surface area contributed by atoms with Crippen molar-refractivity contribution in [3.63, 3.8) is 0 Å². The lowest BCUT2D eigenvalue weighted by Crippen LogP contribution is -2.15. The molecule has 2 aliphatic carbocycles. The fraction of sp³-hybridized carbons (Fsp3) is 1.00. The van der Waals surface area contributed by atoms with Gasteiger partial charge in [-0.2, -0.15) is 0 Å². The van der Waals surface area contributed by atoms with Crippen LogP contribution >= 0.6 is 8.38 Å². The van der Waals surface area contributed by atoms with Crippen molar-refractivity contribution in [2.45, 2.75) is 51.1 Å². The van der Waals surface area contributed by atoms with Crippen molar-refractivity contribution >= 4 is 8.38 Å². The molecule has 14 heavy (non-hydrogen) atoms. The van der Waals surface area contributed by atoms with Gasteiger partial charge in [-0.3, -0.25) is 0 Å². The lowest BCUT2D eigenvalue weighted by atomic mass is 10.0. The highest BCUT2D eigenvalue weighted by atomic mass is 31.2. The maximum Gasteiger partial charge on any atom is 0.171 e. The van der Waals surface area contributed by atoms with E-state index in [-0.39, 0.29) is 0 Å². The molecule has 0 aromatic heterocycles. The van der Waals surface area contributed by atoms with Gasteiger partial charge in [0.15, 0.2) is 8.38 Å². The van der Waals surface area contributed by atoms with Crippen LogP contribution in [0.4, 0.5) is 0 Å². The number of unbranched alkanes of at least 4 members (excludes halogenated alkanes) is 1. The van der Waals surface area contributed by atoms with Crippen molar-refractivity contribution in [3.05, 3.63) is 0 Å². The van der Waals surface area contributed by atoms with Gasteiger partial charge in [-0.25, -0.2) is 0 Å². The fourth-order valence-electron chi connectivity index (χ4n) is 2.88. The van der Waals surface area contributed by atoms with E-state index in [9.17, 15) is 4.89 Å². The minimum atomic E-state index is -1.11. The topological polar surface area (TPSA) is 29.5 Å². The molecule has 0 heterocycles. The molecule has 2 nitrogen and oxygen atoms in total. The van der Waals surface area contributed by atoms with Crippen LogP contribution in [0, 0.1) is 11.8 Å². The summed E-state index contributed by atoms with van der Waals surface area (Å²) in [6, 6.07) is 0. The van der Waals surface area contributed by atoms with Crippen LogP contribution in [0.1, 0.15) is 45.4 Å². The summed E-state index contributed by atoms with van der Waals surface area (Å²) in [7, 11) is -1.11. The molecule has 0 amide bonds. The molecule has 1 N–H and O–H groups in total. The predicted octanol–water partition coefficient (Wildman–Crippen LogP) is 3.30. The van der Waals surface area contributed by atoms with Gasteiger partial charge in [-0.05, 0) is 37.5 Å². The van der Waals surface area contributed by atoms with Crippen molar-refractivity contribution in [3.8, 4) is 0 Å². The maximum atomic E-state index is 9.94. The minimum Gasteiger partial charge on any atom is -0.350 e. The lowest BCUT2D eigenvalue weighted by molar-refractivity contribution is 0.285. The molecule has 0 radical (unpaired) electrons. The molecule has 1 unspecified atom stereocenters. The van der Waals surface area contributed by atoms with Crippen molar-refractivity contribution in [1.82, 2.24) is 0 Å². The van der Waals surface area contributed by atoms with Crippen LogP contribution in [0.3, 0.4) is 0 Å². The Kier molecular flexibility index (Phi) is 3.81. The molecule has 2 saturated carbocycles. The van der Waals surface area contributed by atoms with Gasteiger partial charge < -0.3 is 9.42 Å². The van der Waals surface area contributed by atoms with Crippen LogP contribution in [0.5, 0.6) is 0 Å². The van der Waals surface area contributed by atoms with Crippen LogP contribution < -0.4 is 0 Å². The zero-order chi connectivity index (χ0) is 9.97. The van der Waals surface area contributed by atoms with E-state index in [4.69, 9.17) is 4.52 Å². The van der Waals surface area contributed by atoms with Gasteiger partial charge in [-0.15, -0.1) is 0 Å². The van der Waals surface area contributed by atoms with Crippen molar-refractivity contribution < 1.29 is 9.42 Å². The third kappa shape index (κ3) is 2.29. The molecule has 0 saturated heterocycles. The molecule has 2 rings (SSSR count). The summed E-state index contributed by atoms with van der Waals surface area (Å²) >= 11 is 0. The Morgan fingerprint density at radius 3 is 2.79 bits per heavy atom. The summed E-state index contributed by atoms with van der Waals surface area (Å²) in [4.78, 5) is 9.94. The Morgan fingerprint density at radius 2 is 2.21 bits per heavy atom. The Morgan fingerprint density at radius 1 is 1.36 bits per heavy atom. The third-order valence-electron chi connectivity index (χ3n) is 3.71. The molecule has 3 heteroatoms. The van der Waals surface area contributed by atoms with E-state index in [2.05, 4.69) is 6.92 Å². The highest BCUT2D eigenvalue weighted by Crippen LogP contribution is 2.57. The smallest absolute Gasteiger partial charge is 0.171 e. The Bertz CT molecular complexity index is 186. The second-order valence-corrected chi connectivity index (χ2v) is 6.26. The molecule has 2 bridgehead atoms. The van der Waals surface area contributed by atoms with Crippen molar-refractivity contribution in [2.24, 2.45) is 11.8 Å². The molecule has 4 atom stereocenters. The predicted molar refractivity (Wildman–Crippen MR) is 59.2 cm³/mol. The quantitative estimate of drug-likeness (QED) is 0.564. The molecule has 2 fully saturated rings. The monoisotopic (exact) mass is 216 g/mol. The summed E-state index contributed by atoms with van der Waals surface area (Å²) < 4.78 is 5.54.